The minimum atomic E-state index is -1.71. The number of hydrogen-bond donors (Lipinski definition) is 7. The third-order valence-electron chi connectivity index (χ3n) is 12.9. The number of rotatable bonds is 43. The van der Waals surface area contributed by atoms with Crippen molar-refractivity contribution in [3.05, 3.63) is 48.6 Å². The molecule has 0 amide bonds. The first-order valence-corrected chi connectivity index (χ1v) is 27.2. The molecule has 14 heteroatoms. The van der Waals surface area contributed by atoms with Gasteiger partial charge >= 0.3 is 5.97 Å². The Morgan fingerprint density at radius 3 is 1.48 bits per heavy atom. The molecule has 2 heterocycles. The molecule has 7 N–H and O–H groups in total. The monoisotopic (exact) mass is 983 g/mol. The summed E-state index contributed by atoms with van der Waals surface area (Å²) in [5.74, 6) is -0.378. The maximum atomic E-state index is 13.0. The van der Waals surface area contributed by atoms with Gasteiger partial charge in [-0.3, -0.25) is 4.79 Å². The molecule has 402 valence electrons. The highest BCUT2D eigenvalue weighted by Gasteiger charge is 2.47. The number of carbonyl (C=O) groups excluding carboxylic acids is 1. The fourth-order valence-electron chi connectivity index (χ4n) is 8.45. The molecule has 2 fully saturated rings. The number of aliphatic hydroxyl groups excluding tert-OH is 7. The van der Waals surface area contributed by atoms with E-state index in [-0.39, 0.29) is 25.6 Å². The highest BCUT2D eigenvalue weighted by atomic mass is 16.7. The van der Waals surface area contributed by atoms with Crippen LogP contribution in [0.15, 0.2) is 48.6 Å². The normalized spacial score (nSPS) is 26.0. The molecule has 0 aromatic heterocycles. The third-order valence-corrected chi connectivity index (χ3v) is 12.9. The zero-order valence-electron chi connectivity index (χ0n) is 42.8. The molecule has 11 unspecified atom stereocenters. The summed E-state index contributed by atoms with van der Waals surface area (Å²) < 4.78 is 34.3. The summed E-state index contributed by atoms with van der Waals surface area (Å²) in [5, 5.41) is 72.1. The zero-order chi connectivity index (χ0) is 50.2. The van der Waals surface area contributed by atoms with E-state index in [1.54, 1.807) is 0 Å². The van der Waals surface area contributed by atoms with Crippen LogP contribution in [-0.2, 0) is 33.2 Å². The topological polar surface area (TPSA) is 214 Å². The maximum absolute atomic E-state index is 13.0. The molecule has 69 heavy (non-hydrogen) atoms. The SMILES string of the molecule is CC/C=C\C/C=C\C/C=C\C/C=C\CCCCCCCCCCCCCOCC(COC1OC(COC2OC(CO)C(O)C(O)C2O)C(O)C(O)C1O)OC(=O)CCCCCCCCCCCCC. The van der Waals surface area contributed by atoms with E-state index >= 15 is 0 Å². The van der Waals surface area contributed by atoms with Gasteiger partial charge in [0.2, 0.25) is 0 Å². The van der Waals surface area contributed by atoms with Gasteiger partial charge in [-0.2, -0.15) is 0 Å². The van der Waals surface area contributed by atoms with Gasteiger partial charge in [-0.1, -0.05) is 184 Å². The summed E-state index contributed by atoms with van der Waals surface area (Å²) in [6.45, 7) is 3.57. The average Bonchev–Trinajstić information content (AvgIpc) is 3.35. The Hall–Kier alpha value is -2.05. The van der Waals surface area contributed by atoms with Crippen molar-refractivity contribution >= 4 is 5.97 Å². The third kappa shape index (κ3) is 29.9. The molecular weight excluding hydrogens is 885 g/mol. The van der Waals surface area contributed by atoms with E-state index in [0.717, 1.165) is 70.6 Å². The Kier molecular flexibility index (Phi) is 38.8. The lowest BCUT2D eigenvalue weighted by Gasteiger charge is -2.42. The number of hydrogen-bond acceptors (Lipinski definition) is 14. The maximum Gasteiger partial charge on any atom is 0.306 e. The first-order chi connectivity index (χ1) is 33.6. The van der Waals surface area contributed by atoms with Gasteiger partial charge in [0, 0.05) is 13.0 Å². The van der Waals surface area contributed by atoms with Crippen molar-refractivity contribution in [3.8, 4) is 0 Å². The molecule has 0 spiro atoms. The minimum Gasteiger partial charge on any atom is -0.457 e. The second-order valence-corrected chi connectivity index (χ2v) is 19.0. The lowest BCUT2D eigenvalue weighted by molar-refractivity contribution is -0.332. The molecule has 0 aliphatic carbocycles. The van der Waals surface area contributed by atoms with Crippen LogP contribution in [0.2, 0.25) is 0 Å². The van der Waals surface area contributed by atoms with Crippen molar-refractivity contribution in [1.82, 2.24) is 0 Å². The lowest BCUT2D eigenvalue weighted by atomic mass is 9.98. The molecule has 2 aliphatic heterocycles. The Labute approximate surface area is 416 Å². The average molecular weight is 983 g/mol. The predicted octanol–water partition coefficient (Wildman–Crippen LogP) is 8.74. The predicted molar refractivity (Wildman–Crippen MR) is 270 cm³/mol. The molecule has 2 rings (SSSR count). The van der Waals surface area contributed by atoms with Crippen molar-refractivity contribution in [1.29, 1.82) is 0 Å². The second kappa shape index (κ2) is 42.5. The largest absolute Gasteiger partial charge is 0.457 e. The summed E-state index contributed by atoms with van der Waals surface area (Å²) in [6.07, 6.45) is 33.2. The van der Waals surface area contributed by atoms with E-state index in [9.17, 15) is 40.5 Å². The van der Waals surface area contributed by atoms with Gasteiger partial charge in [0.15, 0.2) is 12.6 Å². The van der Waals surface area contributed by atoms with E-state index in [2.05, 4.69) is 62.5 Å². The van der Waals surface area contributed by atoms with Gasteiger partial charge in [-0.15, -0.1) is 0 Å². The standard InChI is InChI=1S/C55H98O14/c1-3-5-7-9-11-13-15-16-17-18-19-20-21-22-23-24-25-26-27-29-31-33-35-37-39-64-41-44(67-47(57)38-36-34-32-30-28-14-12-10-8-6-4-2)42-65-54-53(63)51(61)49(59)46(69-54)43-66-55-52(62)50(60)48(58)45(40-56)68-55/h5,7,11,13,16-17,19-20,44-46,48-56,58-63H,3-4,6,8-10,12,14-15,18,21-43H2,1-2H3/b7-5-,13-11-,17-16-,20-19-. The number of unbranched alkanes of at least 4 members (excludes halogenated alkanes) is 21. The molecule has 0 aromatic carbocycles. The van der Waals surface area contributed by atoms with Crippen LogP contribution in [0.3, 0.4) is 0 Å². The minimum absolute atomic E-state index is 0.0606. The molecular formula is C55H98O14. The Morgan fingerprint density at radius 2 is 0.942 bits per heavy atom. The first-order valence-electron chi connectivity index (χ1n) is 27.2. The summed E-state index contributed by atoms with van der Waals surface area (Å²) in [7, 11) is 0. The summed E-state index contributed by atoms with van der Waals surface area (Å²) in [6, 6.07) is 0. The van der Waals surface area contributed by atoms with Crippen molar-refractivity contribution in [2.45, 2.75) is 261 Å². The highest BCUT2D eigenvalue weighted by molar-refractivity contribution is 5.69. The van der Waals surface area contributed by atoms with Crippen LogP contribution in [0.25, 0.3) is 0 Å². The van der Waals surface area contributed by atoms with Crippen LogP contribution in [0.1, 0.15) is 194 Å². The number of allylic oxidation sites excluding steroid dienone is 8. The van der Waals surface area contributed by atoms with Crippen molar-refractivity contribution in [2.24, 2.45) is 0 Å². The van der Waals surface area contributed by atoms with Crippen LogP contribution in [0, 0.1) is 0 Å². The van der Waals surface area contributed by atoms with Crippen molar-refractivity contribution < 1.29 is 69.0 Å². The van der Waals surface area contributed by atoms with E-state index in [4.69, 9.17) is 28.4 Å². The van der Waals surface area contributed by atoms with Crippen LogP contribution in [0.5, 0.6) is 0 Å². The highest BCUT2D eigenvalue weighted by Crippen LogP contribution is 2.26. The number of carbonyl (C=O) groups is 1. The van der Waals surface area contributed by atoms with Gasteiger partial charge in [0.1, 0.15) is 54.9 Å². The van der Waals surface area contributed by atoms with Crippen molar-refractivity contribution in [3.63, 3.8) is 0 Å². The number of aliphatic hydroxyl groups is 7. The fraction of sp³-hybridized carbons (Fsp3) is 0.836. The molecule has 0 aromatic rings. The zero-order valence-corrected chi connectivity index (χ0v) is 42.8. The van der Waals surface area contributed by atoms with Crippen LogP contribution >= 0.6 is 0 Å². The number of esters is 1. The van der Waals surface area contributed by atoms with Crippen molar-refractivity contribution in [2.75, 3.05) is 33.0 Å². The Morgan fingerprint density at radius 1 is 0.493 bits per heavy atom. The van der Waals surface area contributed by atoms with Gasteiger partial charge < -0.3 is 64.2 Å². The van der Waals surface area contributed by atoms with Gasteiger partial charge in [-0.05, 0) is 51.4 Å². The van der Waals surface area contributed by atoms with Crippen LogP contribution in [0.4, 0.5) is 0 Å². The molecule has 14 nitrogen and oxygen atoms in total. The Balaban J connectivity index is 1.69. The van der Waals surface area contributed by atoms with E-state index in [1.807, 2.05) is 0 Å². The van der Waals surface area contributed by atoms with Gasteiger partial charge in [0.05, 0.1) is 26.4 Å². The van der Waals surface area contributed by atoms with Gasteiger partial charge in [-0.25, -0.2) is 0 Å². The number of ether oxygens (including phenoxy) is 6. The van der Waals surface area contributed by atoms with Gasteiger partial charge in [0.25, 0.3) is 0 Å². The summed E-state index contributed by atoms with van der Waals surface area (Å²) >= 11 is 0. The summed E-state index contributed by atoms with van der Waals surface area (Å²) in [5.41, 5.74) is 0. The fourth-order valence-corrected chi connectivity index (χ4v) is 8.45. The van der Waals surface area contributed by atoms with E-state index in [1.165, 1.54) is 96.3 Å². The second-order valence-electron chi connectivity index (χ2n) is 19.0. The lowest BCUT2D eigenvalue weighted by Crippen LogP contribution is -2.61. The molecule has 11 atom stereocenters. The first kappa shape index (κ1) is 63.1. The molecule has 0 radical (unpaired) electrons. The Bertz CT molecular complexity index is 1320. The summed E-state index contributed by atoms with van der Waals surface area (Å²) in [4.78, 5) is 13.0. The molecule has 2 saturated heterocycles. The smallest absolute Gasteiger partial charge is 0.306 e. The van der Waals surface area contributed by atoms with Crippen LogP contribution < -0.4 is 0 Å². The molecule has 0 bridgehead atoms. The molecule has 0 saturated carbocycles. The van der Waals surface area contributed by atoms with E-state index in [0.29, 0.717) is 13.0 Å². The van der Waals surface area contributed by atoms with E-state index < -0.39 is 80.7 Å². The quantitative estimate of drug-likeness (QED) is 0.0173. The van der Waals surface area contributed by atoms with Crippen LogP contribution in [-0.4, -0.2) is 142 Å². The molecule has 2 aliphatic rings.